The highest BCUT2D eigenvalue weighted by molar-refractivity contribution is 6.19. The third-order valence-corrected chi connectivity index (χ3v) is 20.7. The first-order chi connectivity index (χ1) is 47.2. The summed E-state index contributed by atoms with van der Waals surface area (Å²) in [5.74, 6) is 4.02. The molecule has 95 heavy (non-hydrogen) atoms. The molecule has 2 aliphatic heterocycles. The molecule has 22 rings (SSSR count). The zero-order chi connectivity index (χ0) is 61.8. The summed E-state index contributed by atoms with van der Waals surface area (Å²) in [6.07, 6.45) is 0. The van der Waals surface area contributed by atoms with Gasteiger partial charge in [0.1, 0.15) is 17.0 Å². The molecule has 20 aromatic rings. The molecule has 0 bridgehead atoms. The molecule has 6 aromatic heterocycles. The normalized spacial score (nSPS) is 14.3. The number of para-hydroxylation sites is 12. The van der Waals surface area contributed by atoms with Crippen LogP contribution in [0.1, 0.15) is 22.3 Å². The number of hydrogen-bond donors (Lipinski definition) is 0. The van der Waals surface area contributed by atoms with Gasteiger partial charge in [-0.25, -0.2) is 4.98 Å². The van der Waals surface area contributed by atoms with Gasteiger partial charge in [-0.3, -0.25) is 8.97 Å². The largest absolute Gasteiger partial charge is 0.454 e. The van der Waals surface area contributed by atoms with E-state index in [-0.39, 0.29) is 0 Å². The maximum atomic E-state index is 7.52. The van der Waals surface area contributed by atoms with Crippen LogP contribution in [0, 0.1) is 0 Å². The minimum absolute atomic E-state index is 0.782. The van der Waals surface area contributed by atoms with Crippen LogP contribution in [-0.2, 0) is 5.41 Å². The first-order valence-corrected chi connectivity index (χ1v) is 32.4. The van der Waals surface area contributed by atoms with Crippen LogP contribution >= 0.6 is 0 Å². The van der Waals surface area contributed by atoms with E-state index in [4.69, 9.17) is 14.5 Å². The van der Waals surface area contributed by atoms with Gasteiger partial charge in [-0.15, -0.1) is 0 Å². The highest BCUT2D eigenvalue weighted by Crippen LogP contribution is 2.63. The summed E-state index contributed by atoms with van der Waals surface area (Å²) in [5.41, 5.74) is 21.4. The van der Waals surface area contributed by atoms with Gasteiger partial charge in [0.15, 0.2) is 11.5 Å². The van der Waals surface area contributed by atoms with Gasteiger partial charge in [-0.05, 0) is 127 Å². The molecule has 2 aliphatic rings. The van der Waals surface area contributed by atoms with Crippen LogP contribution in [0.15, 0.2) is 309 Å². The first kappa shape index (κ1) is 50.8. The van der Waals surface area contributed by atoms with Gasteiger partial charge in [-0.1, -0.05) is 182 Å². The second-order valence-corrected chi connectivity index (χ2v) is 25.3. The number of rotatable bonds is 5. The number of imidazole rings is 2. The van der Waals surface area contributed by atoms with Crippen LogP contribution in [0.25, 0.3) is 144 Å². The Labute approximate surface area is 542 Å². The first-order valence-electron chi connectivity index (χ1n) is 32.4. The Morgan fingerprint density at radius 3 is 1.20 bits per heavy atom. The van der Waals surface area contributed by atoms with Gasteiger partial charge >= 0.3 is 0 Å². The van der Waals surface area contributed by atoms with E-state index in [1.807, 2.05) is 0 Å². The quantitative estimate of drug-likeness (QED) is 0.173. The third kappa shape index (κ3) is 6.57. The summed E-state index contributed by atoms with van der Waals surface area (Å²) in [4.78, 5) is 5.66. The Balaban J connectivity index is 0.757. The molecule has 0 fully saturated rings. The Morgan fingerprint density at radius 2 is 0.653 bits per heavy atom. The van der Waals surface area contributed by atoms with E-state index in [0.29, 0.717) is 0 Å². The molecule has 442 valence electrons. The van der Waals surface area contributed by atoms with Crippen LogP contribution in [-0.4, -0.2) is 32.2 Å². The van der Waals surface area contributed by atoms with Gasteiger partial charge in [0.05, 0.1) is 77.5 Å². The van der Waals surface area contributed by atoms with Crippen molar-refractivity contribution in [3.63, 3.8) is 0 Å². The van der Waals surface area contributed by atoms with Crippen LogP contribution in [0.5, 0.6) is 23.0 Å². The molecule has 9 nitrogen and oxygen atoms in total. The summed E-state index contributed by atoms with van der Waals surface area (Å²) in [6.45, 7) is 0. The number of aromatic nitrogens is 7. The molecule has 8 heterocycles. The Bertz CT molecular complexity index is 6680. The number of benzene rings is 14. The second-order valence-electron chi connectivity index (χ2n) is 25.3. The molecule has 0 saturated carbocycles. The summed E-state index contributed by atoms with van der Waals surface area (Å²) < 4.78 is 29.3. The lowest BCUT2D eigenvalue weighted by Gasteiger charge is -2.45. The fraction of sp³-hybridized carbons (Fsp3) is 0.0116. The summed E-state index contributed by atoms with van der Waals surface area (Å²) in [7, 11) is 0. The van der Waals surface area contributed by atoms with Crippen molar-refractivity contribution < 1.29 is 9.47 Å². The summed E-state index contributed by atoms with van der Waals surface area (Å²) in [6, 6.07) is 112. The molecule has 0 amide bonds. The topological polar surface area (TPSA) is 60.4 Å². The lowest BCUT2D eigenvalue weighted by Crippen LogP contribution is -2.37. The number of hydrogen-bond acceptors (Lipinski definition) is 3. The van der Waals surface area contributed by atoms with Crippen molar-refractivity contribution >= 4 is 115 Å². The van der Waals surface area contributed by atoms with Gasteiger partial charge < -0.3 is 27.7 Å². The predicted octanol–water partition coefficient (Wildman–Crippen LogP) is 21.4. The molecule has 0 radical (unpaired) electrons. The van der Waals surface area contributed by atoms with Crippen LogP contribution in [0.3, 0.4) is 0 Å². The smallest absolute Gasteiger partial charge is 0.220 e. The van der Waals surface area contributed by atoms with E-state index in [2.05, 4.69) is 337 Å². The monoisotopic (exact) mass is 1210 g/mol. The standard InChI is InChI=1S/C86H51N7O2/c1-2-22-52(23-3-1)90-74-38-16-17-39-75(74)93-76-49-46-60-57-26-6-13-35-69(57)89(82(60)81(76)87-85(90)93)54-45-48-73-62(51-54)59-28-8-15-37-71(59)92(73)78-41-21-32-66-84(78)95-80-43-19-10-30-64(80)86(66)63-29-9-18-42-79(63)94-83-65(86)31-20-40-77(83)91-70-36-14-7-27-58(70)61-50-53(44-47-72(61)91)88-67-33-11-4-24-55(67)56-25-5-12-34-68(56)88/h1-51H. The minimum atomic E-state index is -0.899. The van der Waals surface area contributed by atoms with E-state index in [9.17, 15) is 0 Å². The second kappa shape index (κ2) is 18.7. The van der Waals surface area contributed by atoms with E-state index < -0.39 is 5.41 Å². The predicted molar refractivity (Wildman–Crippen MR) is 385 cm³/mol. The molecule has 1 unspecified atom stereocenters. The Morgan fingerprint density at radius 1 is 0.253 bits per heavy atom. The maximum Gasteiger partial charge on any atom is 0.220 e. The highest BCUT2D eigenvalue weighted by atomic mass is 16.5. The van der Waals surface area contributed by atoms with Crippen molar-refractivity contribution in [1.29, 1.82) is 0 Å². The average Bonchev–Trinajstić information content (AvgIpc) is 1.68. The van der Waals surface area contributed by atoms with E-state index in [0.717, 1.165) is 162 Å². The van der Waals surface area contributed by atoms with Gasteiger partial charge in [0.25, 0.3) is 0 Å². The van der Waals surface area contributed by atoms with Crippen molar-refractivity contribution in [3.05, 3.63) is 332 Å². The van der Waals surface area contributed by atoms with E-state index >= 15 is 0 Å². The van der Waals surface area contributed by atoms with Crippen LogP contribution in [0.2, 0.25) is 0 Å². The van der Waals surface area contributed by atoms with Crippen molar-refractivity contribution in [2.75, 3.05) is 0 Å². The SMILES string of the molecule is c1ccc(-n2c3ccccc3n3c4ccc5c6ccccc6n(-c6ccc7c(c6)c6ccccc6n7-c6cccc7c6Oc6ccccc6C76c7ccccc7Oc7c(-n8c9ccccc9c9cc(-n%10c%11ccccc%11c%11ccccc%11%10)ccc98)cccc76)c5c4nc23)cc1. The van der Waals surface area contributed by atoms with Gasteiger partial charge in [0.2, 0.25) is 5.78 Å². The number of ether oxygens (including phenoxy) is 2. The number of nitrogens with zero attached hydrogens (tertiary/aromatic N) is 7. The number of fused-ring (bicyclic) bond motifs is 26. The highest BCUT2D eigenvalue weighted by Gasteiger charge is 2.52. The van der Waals surface area contributed by atoms with Crippen molar-refractivity contribution in [2.24, 2.45) is 0 Å². The van der Waals surface area contributed by atoms with Crippen LogP contribution in [0.4, 0.5) is 0 Å². The maximum absolute atomic E-state index is 7.52. The molecular formula is C86H51N7O2. The lowest BCUT2D eigenvalue weighted by atomic mass is 9.62. The molecule has 0 aliphatic carbocycles. The fourth-order valence-corrected chi connectivity index (χ4v) is 17.0. The zero-order valence-corrected chi connectivity index (χ0v) is 50.9. The van der Waals surface area contributed by atoms with Gasteiger partial charge in [-0.2, -0.15) is 0 Å². The Hall–Kier alpha value is -12.9. The molecule has 1 atom stereocenters. The van der Waals surface area contributed by atoms with Crippen molar-refractivity contribution in [3.8, 4) is 51.4 Å². The van der Waals surface area contributed by atoms with Crippen LogP contribution < -0.4 is 9.47 Å². The molecule has 0 N–H and O–H groups in total. The fourth-order valence-electron chi connectivity index (χ4n) is 17.0. The van der Waals surface area contributed by atoms with E-state index in [1.54, 1.807) is 0 Å². The third-order valence-electron chi connectivity index (χ3n) is 20.7. The van der Waals surface area contributed by atoms with Gasteiger partial charge in [0, 0.05) is 82.4 Å². The molecule has 9 heteroatoms. The molecule has 1 spiro atoms. The molecule has 0 saturated heterocycles. The summed E-state index contributed by atoms with van der Waals surface area (Å²) >= 11 is 0. The molecule has 14 aromatic carbocycles. The average molecular weight is 1210 g/mol. The summed E-state index contributed by atoms with van der Waals surface area (Å²) in [5, 5.41) is 9.37. The van der Waals surface area contributed by atoms with Crippen molar-refractivity contribution in [1.82, 2.24) is 32.2 Å². The Kier molecular flexibility index (Phi) is 9.99. The molecular weight excluding hydrogens is 1160 g/mol. The van der Waals surface area contributed by atoms with Crippen molar-refractivity contribution in [2.45, 2.75) is 5.41 Å². The van der Waals surface area contributed by atoms with E-state index in [1.165, 1.54) is 27.2 Å². The lowest BCUT2D eigenvalue weighted by molar-refractivity contribution is 0.398. The minimum Gasteiger partial charge on any atom is -0.454 e. The zero-order valence-electron chi connectivity index (χ0n) is 50.9.